The van der Waals surface area contributed by atoms with Crippen molar-refractivity contribution in [2.75, 3.05) is 18.5 Å². The van der Waals surface area contributed by atoms with Gasteiger partial charge in [-0.1, -0.05) is 28.8 Å². The molecule has 0 radical (unpaired) electrons. The molecule has 1 fully saturated rings. The smallest absolute Gasteiger partial charge is 0.157 e. The molecule has 0 aliphatic carbocycles. The fourth-order valence-corrected chi connectivity index (χ4v) is 2.00. The fourth-order valence-electron chi connectivity index (χ4n) is 1.61. The van der Waals surface area contributed by atoms with E-state index in [1.807, 2.05) is 0 Å². The largest absolute Gasteiger partial charge is 0.353 e. The summed E-state index contributed by atoms with van der Waals surface area (Å²) in [7, 11) is 0. The zero-order chi connectivity index (χ0) is 10.1. The highest BCUT2D eigenvalue weighted by Gasteiger charge is 2.12. The molecule has 0 aromatic rings. The van der Waals surface area contributed by atoms with Crippen LogP contribution in [0, 0.1) is 0 Å². The first-order valence-corrected chi connectivity index (χ1v) is 6.85. The monoisotopic (exact) mass is 264 g/mol. The third-order valence-corrected chi connectivity index (χ3v) is 3.03. The Labute approximate surface area is 95.5 Å². The van der Waals surface area contributed by atoms with Crippen LogP contribution in [-0.2, 0) is 9.47 Å². The standard InChI is InChI=1S/C11H21BrO2/c12-8-4-1-2-5-9-13-11-7-3-6-10-14-11/h11H,1-10H2/t11-/m1/s1. The van der Waals surface area contributed by atoms with E-state index in [0.717, 1.165) is 25.0 Å². The van der Waals surface area contributed by atoms with Crippen LogP contribution in [0.5, 0.6) is 0 Å². The molecular formula is C11H21BrO2. The van der Waals surface area contributed by atoms with Gasteiger partial charge in [0.2, 0.25) is 0 Å². The van der Waals surface area contributed by atoms with Gasteiger partial charge in [0, 0.05) is 18.5 Å². The summed E-state index contributed by atoms with van der Waals surface area (Å²) in [6.45, 7) is 1.75. The molecule has 0 aromatic heterocycles. The van der Waals surface area contributed by atoms with E-state index >= 15 is 0 Å². The predicted molar refractivity (Wildman–Crippen MR) is 61.8 cm³/mol. The average Bonchev–Trinajstić information content (AvgIpc) is 2.25. The van der Waals surface area contributed by atoms with Crippen LogP contribution >= 0.6 is 15.9 Å². The second kappa shape index (κ2) is 8.69. The van der Waals surface area contributed by atoms with Crippen molar-refractivity contribution in [3.63, 3.8) is 0 Å². The summed E-state index contributed by atoms with van der Waals surface area (Å²) in [5.41, 5.74) is 0. The van der Waals surface area contributed by atoms with E-state index in [1.165, 1.54) is 38.5 Å². The summed E-state index contributed by atoms with van der Waals surface area (Å²) in [6.07, 6.45) is 8.67. The van der Waals surface area contributed by atoms with Gasteiger partial charge in [-0.25, -0.2) is 0 Å². The first-order valence-electron chi connectivity index (χ1n) is 5.72. The normalized spacial score (nSPS) is 22.5. The first kappa shape index (κ1) is 12.5. The topological polar surface area (TPSA) is 18.5 Å². The Balaban J connectivity index is 1.82. The second-order valence-corrected chi connectivity index (χ2v) is 4.56. The number of unbranched alkanes of at least 4 members (excludes halogenated alkanes) is 3. The Hall–Kier alpha value is 0.400. The molecule has 0 N–H and O–H groups in total. The van der Waals surface area contributed by atoms with Crippen molar-refractivity contribution in [2.45, 2.75) is 51.2 Å². The molecule has 14 heavy (non-hydrogen) atoms. The van der Waals surface area contributed by atoms with Crippen LogP contribution in [0.2, 0.25) is 0 Å². The lowest BCUT2D eigenvalue weighted by molar-refractivity contribution is -0.162. The van der Waals surface area contributed by atoms with Crippen molar-refractivity contribution in [3.8, 4) is 0 Å². The van der Waals surface area contributed by atoms with Gasteiger partial charge in [-0.3, -0.25) is 0 Å². The van der Waals surface area contributed by atoms with Crippen molar-refractivity contribution >= 4 is 15.9 Å². The van der Waals surface area contributed by atoms with Crippen molar-refractivity contribution in [1.82, 2.24) is 0 Å². The number of rotatable bonds is 7. The number of alkyl halides is 1. The van der Waals surface area contributed by atoms with E-state index in [4.69, 9.17) is 9.47 Å². The van der Waals surface area contributed by atoms with Gasteiger partial charge in [0.05, 0.1) is 0 Å². The van der Waals surface area contributed by atoms with E-state index in [0.29, 0.717) is 0 Å². The molecule has 84 valence electrons. The van der Waals surface area contributed by atoms with E-state index in [1.54, 1.807) is 0 Å². The molecule has 0 bridgehead atoms. The Morgan fingerprint density at radius 2 is 2.00 bits per heavy atom. The minimum Gasteiger partial charge on any atom is -0.353 e. The number of halogens is 1. The number of hydrogen-bond acceptors (Lipinski definition) is 2. The molecule has 1 saturated heterocycles. The van der Waals surface area contributed by atoms with Gasteiger partial charge in [0.1, 0.15) is 0 Å². The molecule has 1 rings (SSSR count). The quantitative estimate of drug-likeness (QED) is 0.518. The van der Waals surface area contributed by atoms with Crippen molar-refractivity contribution in [3.05, 3.63) is 0 Å². The summed E-state index contributed by atoms with van der Waals surface area (Å²) < 4.78 is 11.1. The summed E-state index contributed by atoms with van der Waals surface area (Å²) in [4.78, 5) is 0. The zero-order valence-electron chi connectivity index (χ0n) is 8.84. The SMILES string of the molecule is BrCCCCCCO[C@H]1CCCCO1. The molecule has 1 atom stereocenters. The second-order valence-electron chi connectivity index (χ2n) is 3.77. The molecule has 0 spiro atoms. The van der Waals surface area contributed by atoms with Crippen LogP contribution in [0.3, 0.4) is 0 Å². The Kier molecular flexibility index (Phi) is 7.74. The Morgan fingerprint density at radius 3 is 2.71 bits per heavy atom. The highest BCUT2D eigenvalue weighted by molar-refractivity contribution is 9.09. The third-order valence-electron chi connectivity index (χ3n) is 2.47. The maximum atomic E-state index is 5.63. The van der Waals surface area contributed by atoms with Crippen LogP contribution in [-0.4, -0.2) is 24.8 Å². The van der Waals surface area contributed by atoms with Gasteiger partial charge >= 0.3 is 0 Å². The maximum Gasteiger partial charge on any atom is 0.157 e. The summed E-state index contributed by atoms with van der Waals surface area (Å²) in [6, 6.07) is 0. The molecule has 0 saturated carbocycles. The molecule has 1 aliphatic heterocycles. The summed E-state index contributed by atoms with van der Waals surface area (Å²) in [5, 5.41) is 1.12. The Morgan fingerprint density at radius 1 is 1.14 bits per heavy atom. The van der Waals surface area contributed by atoms with Crippen LogP contribution in [0.15, 0.2) is 0 Å². The lowest BCUT2D eigenvalue weighted by Crippen LogP contribution is -2.22. The zero-order valence-corrected chi connectivity index (χ0v) is 10.4. The minimum absolute atomic E-state index is 0.0972. The average molecular weight is 265 g/mol. The van der Waals surface area contributed by atoms with Crippen LogP contribution < -0.4 is 0 Å². The van der Waals surface area contributed by atoms with Gasteiger partial charge in [0.15, 0.2) is 6.29 Å². The maximum absolute atomic E-state index is 5.63. The number of hydrogen-bond donors (Lipinski definition) is 0. The minimum atomic E-state index is 0.0972. The molecule has 3 heteroatoms. The van der Waals surface area contributed by atoms with Crippen LogP contribution in [0.4, 0.5) is 0 Å². The highest BCUT2D eigenvalue weighted by atomic mass is 79.9. The molecular weight excluding hydrogens is 244 g/mol. The van der Waals surface area contributed by atoms with E-state index in [2.05, 4.69) is 15.9 Å². The fraction of sp³-hybridized carbons (Fsp3) is 1.00. The molecule has 1 heterocycles. The molecule has 1 aliphatic rings. The van der Waals surface area contributed by atoms with Gasteiger partial charge in [-0.2, -0.15) is 0 Å². The molecule has 2 nitrogen and oxygen atoms in total. The van der Waals surface area contributed by atoms with E-state index in [-0.39, 0.29) is 6.29 Å². The van der Waals surface area contributed by atoms with Crippen molar-refractivity contribution in [1.29, 1.82) is 0 Å². The van der Waals surface area contributed by atoms with Gasteiger partial charge in [-0.05, 0) is 32.1 Å². The number of ether oxygens (including phenoxy) is 2. The van der Waals surface area contributed by atoms with Crippen LogP contribution in [0.25, 0.3) is 0 Å². The van der Waals surface area contributed by atoms with Gasteiger partial charge < -0.3 is 9.47 Å². The van der Waals surface area contributed by atoms with Crippen LogP contribution in [0.1, 0.15) is 44.9 Å². The van der Waals surface area contributed by atoms with Gasteiger partial charge in [-0.15, -0.1) is 0 Å². The lowest BCUT2D eigenvalue weighted by Gasteiger charge is -2.22. The molecule has 0 aromatic carbocycles. The predicted octanol–water partition coefficient (Wildman–Crippen LogP) is 3.48. The van der Waals surface area contributed by atoms with Crippen molar-refractivity contribution < 1.29 is 9.47 Å². The third kappa shape index (κ3) is 5.99. The highest BCUT2D eigenvalue weighted by Crippen LogP contribution is 2.14. The van der Waals surface area contributed by atoms with E-state index < -0.39 is 0 Å². The Bertz CT molecular complexity index is 124. The summed E-state index contributed by atoms with van der Waals surface area (Å²) >= 11 is 3.43. The van der Waals surface area contributed by atoms with Crippen molar-refractivity contribution in [2.24, 2.45) is 0 Å². The summed E-state index contributed by atoms with van der Waals surface area (Å²) in [5.74, 6) is 0. The lowest BCUT2D eigenvalue weighted by atomic mass is 10.2. The van der Waals surface area contributed by atoms with E-state index in [9.17, 15) is 0 Å². The molecule has 0 unspecified atom stereocenters. The van der Waals surface area contributed by atoms with Gasteiger partial charge in [0.25, 0.3) is 0 Å². The first-order chi connectivity index (χ1) is 6.93. The molecule has 0 amide bonds.